The molecule has 1 atom stereocenters. The van der Waals surface area contributed by atoms with E-state index in [1.807, 2.05) is 61.5 Å². The average Bonchev–Trinajstić information content (AvgIpc) is 2.69. The SMILES string of the molecule is COc1cc(CS(=O)c2cccc(-c3ccccc3)c2)cc(OC)c1C. The van der Waals surface area contributed by atoms with Crippen molar-refractivity contribution in [1.82, 2.24) is 0 Å². The zero-order chi connectivity index (χ0) is 18.5. The Labute approximate surface area is 157 Å². The molecular weight excluding hydrogens is 344 g/mol. The standard InChI is InChI=1S/C22H22O3S/c1-16-21(24-2)12-17(13-22(16)25-3)15-26(23)20-11-7-10-19(14-20)18-8-5-4-6-9-18/h4-14H,15H2,1-3H3. The van der Waals surface area contributed by atoms with Crippen LogP contribution in [-0.4, -0.2) is 18.4 Å². The third-order valence-electron chi connectivity index (χ3n) is 4.31. The monoisotopic (exact) mass is 366 g/mol. The van der Waals surface area contributed by atoms with E-state index in [9.17, 15) is 4.21 Å². The topological polar surface area (TPSA) is 35.5 Å². The Morgan fingerprint density at radius 3 is 2.04 bits per heavy atom. The molecule has 4 heteroatoms. The van der Waals surface area contributed by atoms with Crippen molar-refractivity contribution in [3.05, 3.63) is 77.9 Å². The summed E-state index contributed by atoms with van der Waals surface area (Å²) >= 11 is 0. The van der Waals surface area contributed by atoms with Gasteiger partial charge in [-0.3, -0.25) is 4.21 Å². The highest BCUT2D eigenvalue weighted by Gasteiger charge is 2.12. The Morgan fingerprint density at radius 2 is 1.42 bits per heavy atom. The van der Waals surface area contributed by atoms with Crippen molar-refractivity contribution in [2.24, 2.45) is 0 Å². The van der Waals surface area contributed by atoms with Crippen molar-refractivity contribution < 1.29 is 13.7 Å². The molecule has 0 saturated heterocycles. The minimum Gasteiger partial charge on any atom is -0.496 e. The molecule has 3 aromatic carbocycles. The van der Waals surface area contributed by atoms with E-state index in [-0.39, 0.29) is 0 Å². The van der Waals surface area contributed by atoms with Crippen molar-refractivity contribution in [3.63, 3.8) is 0 Å². The fourth-order valence-electron chi connectivity index (χ4n) is 2.91. The molecule has 3 rings (SSSR count). The summed E-state index contributed by atoms with van der Waals surface area (Å²) in [6.45, 7) is 1.95. The van der Waals surface area contributed by atoms with Crippen molar-refractivity contribution in [1.29, 1.82) is 0 Å². The van der Waals surface area contributed by atoms with Crippen LogP contribution in [0.3, 0.4) is 0 Å². The first-order valence-corrected chi connectivity index (χ1v) is 9.69. The molecule has 134 valence electrons. The molecule has 0 saturated carbocycles. The molecule has 0 N–H and O–H groups in total. The maximum atomic E-state index is 12.9. The average molecular weight is 366 g/mol. The summed E-state index contributed by atoms with van der Waals surface area (Å²) in [7, 11) is 2.10. The minimum absolute atomic E-state index is 0.408. The molecule has 0 bridgehead atoms. The van der Waals surface area contributed by atoms with Gasteiger partial charge in [0, 0.05) is 10.5 Å². The van der Waals surface area contributed by atoms with E-state index in [0.29, 0.717) is 5.75 Å². The number of rotatable bonds is 6. The van der Waals surface area contributed by atoms with Gasteiger partial charge in [0.25, 0.3) is 0 Å². The first kappa shape index (κ1) is 18.2. The molecule has 0 spiro atoms. The van der Waals surface area contributed by atoms with E-state index in [1.54, 1.807) is 14.2 Å². The molecule has 3 aromatic rings. The van der Waals surface area contributed by atoms with Gasteiger partial charge < -0.3 is 9.47 Å². The van der Waals surface area contributed by atoms with Gasteiger partial charge in [-0.05, 0) is 47.9 Å². The van der Waals surface area contributed by atoms with Gasteiger partial charge in [0.2, 0.25) is 0 Å². The number of methoxy groups -OCH3 is 2. The quantitative estimate of drug-likeness (QED) is 0.617. The third kappa shape index (κ3) is 3.97. The Bertz CT molecular complexity index is 895. The van der Waals surface area contributed by atoms with Crippen LogP contribution >= 0.6 is 0 Å². The predicted molar refractivity (Wildman–Crippen MR) is 106 cm³/mol. The largest absolute Gasteiger partial charge is 0.496 e. The Hall–Kier alpha value is -2.59. The lowest BCUT2D eigenvalue weighted by Gasteiger charge is -2.13. The van der Waals surface area contributed by atoms with Crippen molar-refractivity contribution >= 4 is 10.8 Å². The van der Waals surface area contributed by atoms with Crippen LogP contribution in [-0.2, 0) is 16.6 Å². The normalized spacial score (nSPS) is 11.8. The van der Waals surface area contributed by atoms with Gasteiger partial charge >= 0.3 is 0 Å². The Kier molecular flexibility index (Phi) is 5.74. The molecule has 0 fully saturated rings. The van der Waals surface area contributed by atoms with Gasteiger partial charge in [0.15, 0.2) is 0 Å². The highest BCUT2D eigenvalue weighted by molar-refractivity contribution is 7.84. The van der Waals surface area contributed by atoms with Gasteiger partial charge in [0.1, 0.15) is 11.5 Å². The molecule has 26 heavy (non-hydrogen) atoms. The smallest absolute Gasteiger partial charge is 0.125 e. The lowest BCUT2D eigenvalue weighted by Crippen LogP contribution is -2.00. The lowest BCUT2D eigenvalue weighted by atomic mass is 10.1. The molecule has 3 nitrogen and oxygen atoms in total. The number of ether oxygens (including phenoxy) is 2. The van der Waals surface area contributed by atoms with Crippen LogP contribution in [0.5, 0.6) is 11.5 Å². The number of hydrogen-bond donors (Lipinski definition) is 0. The van der Waals surface area contributed by atoms with Crippen LogP contribution < -0.4 is 9.47 Å². The number of benzene rings is 3. The van der Waals surface area contributed by atoms with Crippen LogP contribution in [0, 0.1) is 6.92 Å². The van der Waals surface area contributed by atoms with E-state index >= 15 is 0 Å². The van der Waals surface area contributed by atoms with E-state index in [1.165, 1.54) is 0 Å². The summed E-state index contributed by atoms with van der Waals surface area (Å²) in [5, 5.41) is 0. The highest BCUT2D eigenvalue weighted by atomic mass is 32.2. The molecule has 0 aromatic heterocycles. The maximum absolute atomic E-state index is 12.9. The van der Waals surface area contributed by atoms with Gasteiger partial charge in [-0.2, -0.15) is 0 Å². The molecule has 0 heterocycles. The van der Waals surface area contributed by atoms with Gasteiger partial charge in [0.05, 0.1) is 30.8 Å². The zero-order valence-corrected chi connectivity index (χ0v) is 16.0. The highest BCUT2D eigenvalue weighted by Crippen LogP contribution is 2.31. The van der Waals surface area contributed by atoms with Crippen molar-refractivity contribution in [2.75, 3.05) is 14.2 Å². The fraction of sp³-hybridized carbons (Fsp3) is 0.182. The second-order valence-electron chi connectivity index (χ2n) is 6.01. The van der Waals surface area contributed by atoms with Gasteiger partial charge in [-0.25, -0.2) is 0 Å². The van der Waals surface area contributed by atoms with Crippen LogP contribution in [0.1, 0.15) is 11.1 Å². The molecule has 0 amide bonds. The maximum Gasteiger partial charge on any atom is 0.125 e. The molecule has 0 aliphatic heterocycles. The first-order valence-electron chi connectivity index (χ1n) is 8.37. The molecular formula is C22H22O3S. The minimum atomic E-state index is -1.16. The number of hydrogen-bond acceptors (Lipinski definition) is 3. The predicted octanol–water partition coefficient (Wildman–Crippen LogP) is 4.99. The van der Waals surface area contributed by atoms with E-state index in [0.717, 1.165) is 38.6 Å². The lowest BCUT2D eigenvalue weighted by molar-refractivity contribution is 0.388. The second-order valence-corrected chi connectivity index (χ2v) is 7.46. The summed E-state index contributed by atoms with van der Waals surface area (Å²) in [6, 6.07) is 21.8. The fourth-order valence-corrected chi connectivity index (χ4v) is 4.03. The first-order chi connectivity index (χ1) is 12.6. The van der Waals surface area contributed by atoms with E-state index in [4.69, 9.17) is 9.47 Å². The van der Waals surface area contributed by atoms with Gasteiger partial charge in [-0.1, -0.05) is 42.5 Å². The Balaban J connectivity index is 1.87. The summed E-state index contributed by atoms with van der Waals surface area (Å²) in [6.07, 6.45) is 0. The van der Waals surface area contributed by atoms with Crippen LogP contribution in [0.25, 0.3) is 11.1 Å². The van der Waals surface area contributed by atoms with Crippen LogP contribution in [0.15, 0.2) is 71.6 Å². The van der Waals surface area contributed by atoms with E-state index in [2.05, 4.69) is 12.1 Å². The van der Waals surface area contributed by atoms with Gasteiger partial charge in [-0.15, -0.1) is 0 Å². The molecule has 0 aliphatic carbocycles. The summed E-state index contributed by atoms with van der Waals surface area (Å²) in [4.78, 5) is 0.810. The molecule has 1 unspecified atom stereocenters. The second kappa shape index (κ2) is 8.19. The van der Waals surface area contributed by atoms with Crippen molar-refractivity contribution in [2.45, 2.75) is 17.6 Å². The Morgan fingerprint density at radius 1 is 0.808 bits per heavy atom. The van der Waals surface area contributed by atoms with Crippen molar-refractivity contribution in [3.8, 4) is 22.6 Å². The summed E-state index contributed by atoms with van der Waals surface area (Å²) in [5.41, 5.74) is 4.05. The summed E-state index contributed by atoms with van der Waals surface area (Å²) in [5.74, 6) is 1.90. The van der Waals surface area contributed by atoms with Crippen LogP contribution in [0.2, 0.25) is 0 Å². The molecule has 0 aliphatic rings. The molecule has 0 radical (unpaired) electrons. The van der Waals surface area contributed by atoms with E-state index < -0.39 is 10.8 Å². The zero-order valence-electron chi connectivity index (χ0n) is 15.2. The summed E-state index contributed by atoms with van der Waals surface area (Å²) < 4.78 is 23.7. The van der Waals surface area contributed by atoms with Crippen LogP contribution in [0.4, 0.5) is 0 Å². The third-order valence-corrected chi connectivity index (χ3v) is 5.69.